The van der Waals surface area contributed by atoms with Gasteiger partial charge in [-0.2, -0.15) is 0 Å². The molecule has 13 heavy (non-hydrogen) atoms. The van der Waals surface area contributed by atoms with Crippen molar-refractivity contribution >= 4 is 5.91 Å². The van der Waals surface area contributed by atoms with E-state index in [-0.39, 0.29) is 0 Å². The molecule has 0 aliphatic carbocycles. The molecule has 1 aliphatic rings. The number of carbonyl (C=O) groups excluding carboxylic acids is 1. The highest BCUT2D eigenvalue weighted by Gasteiger charge is 2.42. The molecular formula is C7H14N2O4. The molecule has 1 rings (SSSR count). The molecule has 76 valence electrons. The van der Waals surface area contributed by atoms with Crippen LogP contribution >= 0.6 is 0 Å². The Labute approximate surface area is 75.4 Å². The number of hydrogen-bond donors (Lipinski definition) is 5. The lowest BCUT2D eigenvalue weighted by Crippen LogP contribution is -2.67. The first-order valence-electron chi connectivity index (χ1n) is 4.04. The SMILES string of the molecule is CC1NC(C(N)=O)C(O)C(O)C1O. The minimum atomic E-state index is -1.36. The maximum atomic E-state index is 10.8. The van der Waals surface area contributed by atoms with E-state index in [1.54, 1.807) is 6.92 Å². The third-order valence-electron chi connectivity index (χ3n) is 2.30. The van der Waals surface area contributed by atoms with Gasteiger partial charge in [0.05, 0.1) is 6.10 Å². The van der Waals surface area contributed by atoms with Crippen LogP contribution in [0.1, 0.15) is 6.92 Å². The number of rotatable bonds is 1. The van der Waals surface area contributed by atoms with Gasteiger partial charge >= 0.3 is 0 Å². The third-order valence-corrected chi connectivity index (χ3v) is 2.30. The quantitative estimate of drug-likeness (QED) is 0.300. The van der Waals surface area contributed by atoms with Crippen molar-refractivity contribution in [1.29, 1.82) is 0 Å². The largest absolute Gasteiger partial charge is 0.389 e. The number of primary amides is 1. The average Bonchev–Trinajstić information content (AvgIpc) is 2.07. The predicted molar refractivity (Wildman–Crippen MR) is 43.6 cm³/mol. The summed E-state index contributed by atoms with van der Waals surface area (Å²) in [7, 11) is 0. The van der Waals surface area contributed by atoms with Gasteiger partial charge in [-0.15, -0.1) is 0 Å². The normalized spacial score (nSPS) is 46.0. The molecule has 0 bridgehead atoms. The molecule has 1 fully saturated rings. The summed E-state index contributed by atoms with van der Waals surface area (Å²) in [6, 6.07) is -1.48. The lowest BCUT2D eigenvalue weighted by Gasteiger charge is -2.38. The first-order chi connectivity index (χ1) is 5.95. The van der Waals surface area contributed by atoms with E-state index in [0.717, 1.165) is 0 Å². The van der Waals surface area contributed by atoms with Crippen molar-refractivity contribution in [3.05, 3.63) is 0 Å². The molecule has 6 N–H and O–H groups in total. The zero-order chi connectivity index (χ0) is 10.2. The molecule has 5 atom stereocenters. The molecule has 6 nitrogen and oxygen atoms in total. The van der Waals surface area contributed by atoms with Gasteiger partial charge in [0.15, 0.2) is 0 Å². The monoisotopic (exact) mass is 190 g/mol. The second kappa shape index (κ2) is 3.59. The van der Waals surface area contributed by atoms with E-state index in [9.17, 15) is 20.1 Å². The number of nitrogens with one attached hydrogen (secondary N) is 1. The lowest BCUT2D eigenvalue weighted by atomic mass is 9.91. The Bertz CT molecular complexity index is 211. The van der Waals surface area contributed by atoms with Gasteiger partial charge < -0.3 is 21.1 Å². The van der Waals surface area contributed by atoms with E-state index >= 15 is 0 Å². The highest BCUT2D eigenvalue weighted by molar-refractivity contribution is 5.80. The van der Waals surface area contributed by atoms with Gasteiger partial charge in [0.25, 0.3) is 0 Å². The van der Waals surface area contributed by atoms with E-state index < -0.39 is 36.3 Å². The minimum absolute atomic E-state index is 0.476. The second-order valence-electron chi connectivity index (χ2n) is 3.31. The van der Waals surface area contributed by atoms with E-state index in [2.05, 4.69) is 5.32 Å². The first-order valence-corrected chi connectivity index (χ1v) is 4.04. The number of amides is 1. The van der Waals surface area contributed by atoms with E-state index in [0.29, 0.717) is 0 Å². The lowest BCUT2D eigenvalue weighted by molar-refractivity contribution is -0.139. The van der Waals surface area contributed by atoms with Crippen molar-refractivity contribution < 1.29 is 20.1 Å². The Balaban J connectivity index is 2.76. The van der Waals surface area contributed by atoms with Crippen LogP contribution in [0, 0.1) is 0 Å². The highest BCUT2D eigenvalue weighted by Crippen LogP contribution is 2.14. The fourth-order valence-corrected chi connectivity index (χ4v) is 1.43. The van der Waals surface area contributed by atoms with Crippen molar-refractivity contribution in [1.82, 2.24) is 5.32 Å². The van der Waals surface area contributed by atoms with Gasteiger partial charge in [-0.1, -0.05) is 0 Å². The summed E-state index contributed by atoms with van der Waals surface area (Å²) in [5.41, 5.74) is 4.97. The number of aliphatic hydroxyl groups excluding tert-OH is 3. The van der Waals surface area contributed by atoms with Gasteiger partial charge in [0.1, 0.15) is 18.2 Å². The number of piperidine rings is 1. The summed E-state index contributed by atoms with van der Waals surface area (Å²) in [5, 5.41) is 30.5. The van der Waals surface area contributed by atoms with Crippen LogP contribution in [0.5, 0.6) is 0 Å². The van der Waals surface area contributed by atoms with E-state index in [4.69, 9.17) is 5.73 Å². The zero-order valence-corrected chi connectivity index (χ0v) is 7.21. The third kappa shape index (κ3) is 1.80. The molecule has 1 amide bonds. The summed E-state index contributed by atoms with van der Waals surface area (Å²) < 4.78 is 0. The molecule has 5 unspecified atom stereocenters. The number of aliphatic hydroxyl groups is 3. The fourth-order valence-electron chi connectivity index (χ4n) is 1.43. The Hall–Kier alpha value is -0.690. The van der Waals surface area contributed by atoms with Crippen molar-refractivity contribution in [2.75, 3.05) is 0 Å². The summed E-state index contributed by atoms with van der Waals surface area (Å²) >= 11 is 0. The van der Waals surface area contributed by atoms with Crippen molar-refractivity contribution in [2.45, 2.75) is 37.3 Å². The predicted octanol–water partition coefficient (Wildman–Crippen LogP) is -3.09. The molecular weight excluding hydrogens is 176 g/mol. The van der Waals surface area contributed by atoms with Crippen molar-refractivity contribution in [2.24, 2.45) is 5.73 Å². The average molecular weight is 190 g/mol. The van der Waals surface area contributed by atoms with Crippen LogP contribution in [0.2, 0.25) is 0 Å². The van der Waals surface area contributed by atoms with E-state index in [1.165, 1.54) is 0 Å². The molecule has 0 spiro atoms. The van der Waals surface area contributed by atoms with Gasteiger partial charge in [-0.3, -0.25) is 10.1 Å². The van der Waals surface area contributed by atoms with Crippen molar-refractivity contribution in [3.8, 4) is 0 Å². The van der Waals surface area contributed by atoms with E-state index in [1.807, 2.05) is 0 Å². The highest BCUT2D eigenvalue weighted by atomic mass is 16.4. The Morgan fingerprint density at radius 2 is 1.77 bits per heavy atom. The molecule has 1 aliphatic heterocycles. The molecule has 0 aromatic heterocycles. The number of carbonyl (C=O) groups is 1. The first kappa shape index (κ1) is 10.4. The summed E-state index contributed by atoms with van der Waals surface area (Å²) in [6.07, 6.45) is -3.79. The van der Waals surface area contributed by atoms with Gasteiger partial charge in [-0.25, -0.2) is 0 Å². The smallest absolute Gasteiger partial charge is 0.237 e. The second-order valence-corrected chi connectivity index (χ2v) is 3.31. The van der Waals surface area contributed by atoms with Crippen LogP contribution in [-0.2, 0) is 4.79 Å². The van der Waals surface area contributed by atoms with Crippen LogP contribution in [0.25, 0.3) is 0 Å². The Morgan fingerprint density at radius 3 is 2.23 bits per heavy atom. The van der Waals surface area contributed by atoms with Crippen LogP contribution in [-0.4, -0.2) is 51.6 Å². The number of hydrogen-bond acceptors (Lipinski definition) is 5. The van der Waals surface area contributed by atoms with Crippen LogP contribution in [0.15, 0.2) is 0 Å². The molecule has 0 saturated carbocycles. The molecule has 0 aromatic carbocycles. The van der Waals surface area contributed by atoms with Crippen LogP contribution < -0.4 is 11.1 Å². The topological polar surface area (TPSA) is 116 Å². The van der Waals surface area contributed by atoms with Gasteiger partial charge in [0.2, 0.25) is 5.91 Å². The number of nitrogens with two attached hydrogens (primary N) is 1. The molecule has 1 saturated heterocycles. The molecule has 1 heterocycles. The summed E-state index contributed by atoms with van der Waals surface area (Å²) in [6.45, 7) is 1.59. The minimum Gasteiger partial charge on any atom is -0.389 e. The Kier molecular flexibility index (Phi) is 2.87. The van der Waals surface area contributed by atoms with Gasteiger partial charge in [-0.05, 0) is 6.92 Å². The maximum Gasteiger partial charge on any atom is 0.237 e. The molecule has 6 heteroatoms. The zero-order valence-electron chi connectivity index (χ0n) is 7.21. The van der Waals surface area contributed by atoms with Gasteiger partial charge in [0, 0.05) is 6.04 Å². The Morgan fingerprint density at radius 1 is 1.23 bits per heavy atom. The van der Waals surface area contributed by atoms with Crippen molar-refractivity contribution in [3.63, 3.8) is 0 Å². The fraction of sp³-hybridized carbons (Fsp3) is 0.857. The van der Waals surface area contributed by atoms with Crippen LogP contribution in [0.3, 0.4) is 0 Å². The molecule has 0 aromatic rings. The standard InChI is InChI=1S/C7H14N2O4/c1-2-4(10)6(12)5(11)3(9-2)7(8)13/h2-6,9-12H,1H3,(H2,8,13). The summed E-state index contributed by atoms with van der Waals surface area (Å²) in [4.78, 5) is 10.8. The summed E-state index contributed by atoms with van der Waals surface area (Å²) in [5.74, 6) is -0.745. The molecule has 0 radical (unpaired) electrons. The maximum absolute atomic E-state index is 10.8. The van der Waals surface area contributed by atoms with Crippen LogP contribution in [0.4, 0.5) is 0 Å².